The number of sulfonamides is 1. The molecule has 2 aromatic rings. The van der Waals surface area contributed by atoms with Crippen LogP contribution in [0.25, 0.3) is 0 Å². The molecule has 26 heavy (non-hydrogen) atoms. The fourth-order valence-electron chi connectivity index (χ4n) is 2.26. The fraction of sp³-hybridized carbons (Fsp3) is 0.278. The fourth-order valence-corrected chi connectivity index (χ4v) is 2.88. The van der Waals surface area contributed by atoms with Crippen LogP contribution in [-0.4, -0.2) is 26.6 Å². The van der Waals surface area contributed by atoms with Crippen molar-refractivity contribution in [2.45, 2.75) is 26.8 Å². The number of hydrogen-bond donors (Lipinski definition) is 3. The van der Waals surface area contributed by atoms with E-state index in [1.165, 1.54) is 6.07 Å². The first-order valence-corrected chi connectivity index (χ1v) is 9.86. The van der Waals surface area contributed by atoms with Gasteiger partial charge in [-0.25, -0.2) is 12.8 Å². The average Bonchev–Trinajstić information content (AvgIpc) is 2.52. The molecule has 0 spiro atoms. The molecule has 0 saturated carbocycles. The van der Waals surface area contributed by atoms with E-state index in [1.807, 2.05) is 0 Å². The molecule has 0 aliphatic rings. The maximum atomic E-state index is 13.6. The molecule has 3 N–H and O–H groups in total. The van der Waals surface area contributed by atoms with Gasteiger partial charge in [-0.1, -0.05) is 12.1 Å². The molecule has 0 aliphatic heterocycles. The van der Waals surface area contributed by atoms with E-state index in [1.54, 1.807) is 51.1 Å². The van der Waals surface area contributed by atoms with Gasteiger partial charge in [0.2, 0.25) is 15.9 Å². The Morgan fingerprint density at radius 1 is 1.04 bits per heavy atom. The molecule has 2 rings (SSSR count). The quantitative estimate of drug-likeness (QED) is 0.719. The Kier molecular flexibility index (Phi) is 5.86. The number of benzene rings is 2. The summed E-state index contributed by atoms with van der Waals surface area (Å²) in [5, 5.41) is 5.64. The van der Waals surface area contributed by atoms with Crippen molar-refractivity contribution in [2.24, 2.45) is 0 Å². The summed E-state index contributed by atoms with van der Waals surface area (Å²) in [6.07, 6.45) is 1.07. The van der Waals surface area contributed by atoms with Gasteiger partial charge in [-0.05, 0) is 56.2 Å². The van der Waals surface area contributed by atoms with Gasteiger partial charge in [0.05, 0.1) is 11.9 Å². The molecule has 2 aromatic carbocycles. The molecular weight excluding hydrogens is 357 g/mol. The lowest BCUT2D eigenvalue weighted by Crippen LogP contribution is -2.32. The van der Waals surface area contributed by atoms with Crippen LogP contribution in [0, 0.1) is 19.7 Å². The zero-order chi connectivity index (χ0) is 19.5. The number of nitrogens with one attached hydrogen (secondary N) is 3. The number of halogens is 1. The largest absolute Gasteiger partial charge is 0.374 e. The van der Waals surface area contributed by atoms with Gasteiger partial charge in [-0.3, -0.25) is 9.52 Å². The monoisotopic (exact) mass is 379 g/mol. The van der Waals surface area contributed by atoms with Gasteiger partial charge in [0.1, 0.15) is 11.9 Å². The summed E-state index contributed by atoms with van der Waals surface area (Å²) in [5.74, 6) is -0.732. The van der Waals surface area contributed by atoms with E-state index < -0.39 is 21.9 Å². The third-order valence-electron chi connectivity index (χ3n) is 3.75. The van der Waals surface area contributed by atoms with Crippen molar-refractivity contribution in [1.82, 2.24) is 0 Å². The molecule has 0 aliphatic carbocycles. The van der Waals surface area contributed by atoms with Crippen LogP contribution in [0.15, 0.2) is 36.4 Å². The van der Waals surface area contributed by atoms with Gasteiger partial charge < -0.3 is 10.6 Å². The minimum Gasteiger partial charge on any atom is -0.374 e. The number of amides is 1. The lowest BCUT2D eigenvalue weighted by molar-refractivity contribution is -0.116. The van der Waals surface area contributed by atoms with E-state index in [0.717, 1.165) is 11.8 Å². The van der Waals surface area contributed by atoms with E-state index in [2.05, 4.69) is 15.4 Å². The van der Waals surface area contributed by atoms with E-state index in [-0.39, 0.29) is 5.91 Å². The van der Waals surface area contributed by atoms with E-state index in [0.29, 0.717) is 22.6 Å². The van der Waals surface area contributed by atoms with Crippen molar-refractivity contribution in [1.29, 1.82) is 0 Å². The van der Waals surface area contributed by atoms with Crippen molar-refractivity contribution >= 4 is 33.0 Å². The van der Waals surface area contributed by atoms with Gasteiger partial charge in [0.25, 0.3) is 0 Å². The molecule has 0 bridgehead atoms. The Morgan fingerprint density at radius 2 is 1.65 bits per heavy atom. The highest BCUT2D eigenvalue weighted by Crippen LogP contribution is 2.22. The highest BCUT2D eigenvalue weighted by molar-refractivity contribution is 7.92. The number of anilines is 3. The first-order chi connectivity index (χ1) is 12.0. The molecule has 0 heterocycles. The Labute approximate surface area is 152 Å². The first kappa shape index (κ1) is 19.7. The summed E-state index contributed by atoms with van der Waals surface area (Å²) in [6, 6.07) is 8.97. The normalized spacial score (nSPS) is 12.3. The van der Waals surface area contributed by atoms with Crippen LogP contribution >= 0.6 is 0 Å². The predicted octanol–water partition coefficient (Wildman–Crippen LogP) is 3.25. The van der Waals surface area contributed by atoms with Crippen LogP contribution in [0.5, 0.6) is 0 Å². The smallest absolute Gasteiger partial charge is 0.246 e. The van der Waals surface area contributed by atoms with Crippen LogP contribution in [0.1, 0.15) is 18.1 Å². The molecule has 1 amide bonds. The minimum absolute atomic E-state index is 0.341. The number of carbonyl (C=O) groups is 1. The molecule has 8 heteroatoms. The average molecular weight is 379 g/mol. The summed E-state index contributed by atoms with van der Waals surface area (Å²) in [6.45, 7) is 5.08. The Bertz CT molecular complexity index is 929. The number of rotatable bonds is 6. The summed E-state index contributed by atoms with van der Waals surface area (Å²) >= 11 is 0. The first-order valence-electron chi connectivity index (χ1n) is 7.97. The van der Waals surface area contributed by atoms with Crippen LogP contribution in [-0.2, 0) is 14.8 Å². The summed E-state index contributed by atoms with van der Waals surface area (Å²) in [7, 11) is -3.40. The highest BCUT2D eigenvalue weighted by atomic mass is 32.2. The van der Waals surface area contributed by atoms with Crippen molar-refractivity contribution in [3.05, 3.63) is 53.3 Å². The van der Waals surface area contributed by atoms with E-state index in [4.69, 9.17) is 0 Å². The zero-order valence-electron chi connectivity index (χ0n) is 15.1. The van der Waals surface area contributed by atoms with Crippen molar-refractivity contribution in [2.75, 3.05) is 21.6 Å². The topological polar surface area (TPSA) is 87.3 Å². The lowest BCUT2D eigenvalue weighted by atomic mass is 10.1. The number of carbonyl (C=O) groups excluding carboxylic acids is 1. The Hall–Kier alpha value is -2.61. The highest BCUT2D eigenvalue weighted by Gasteiger charge is 2.14. The molecular formula is C18H22FN3O3S. The van der Waals surface area contributed by atoms with Gasteiger partial charge >= 0.3 is 0 Å². The van der Waals surface area contributed by atoms with Crippen molar-refractivity contribution < 1.29 is 17.6 Å². The Morgan fingerprint density at radius 3 is 2.27 bits per heavy atom. The lowest BCUT2D eigenvalue weighted by Gasteiger charge is -2.17. The van der Waals surface area contributed by atoms with Gasteiger partial charge in [-0.2, -0.15) is 0 Å². The van der Waals surface area contributed by atoms with Gasteiger partial charge in [0, 0.05) is 11.4 Å². The van der Waals surface area contributed by atoms with E-state index >= 15 is 0 Å². The summed E-state index contributed by atoms with van der Waals surface area (Å²) < 4.78 is 38.9. The van der Waals surface area contributed by atoms with Gasteiger partial charge in [-0.15, -0.1) is 0 Å². The SMILES string of the molecule is Cc1ccc(NC(=O)[C@@H](C)Nc2ccc(C)c(NS(C)(=O)=O)c2)cc1F. The summed E-state index contributed by atoms with van der Waals surface area (Å²) in [4.78, 5) is 12.3. The van der Waals surface area contributed by atoms with Crippen LogP contribution < -0.4 is 15.4 Å². The maximum absolute atomic E-state index is 13.6. The third-order valence-corrected chi connectivity index (χ3v) is 4.34. The minimum atomic E-state index is -3.40. The summed E-state index contributed by atoms with van der Waals surface area (Å²) in [5.41, 5.74) is 2.65. The van der Waals surface area contributed by atoms with Crippen LogP contribution in [0.3, 0.4) is 0 Å². The third kappa shape index (κ3) is 5.45. The molecule has 0 saturated heterocycles. The molecule has 0 fully saturated rings. The second-order valence-electron chi connectivity index (χ2n) is 6.22. The Balaban J connectivity index is 2.08. The van der Waals surface area contributed by atoms with Crippen molar-refractivity contribution in [3.8, 4) is 0 Å². The predicted molar refractivity (Wildman–Crippen MR) is 102 cm³/mol. The van der Waals surface area contributed by atoms with Crippen molar-refractivity contribution in [3.63, 3.8) is 0 Å². The standard InChI is InChI=1S/C18H22FN3O3S/c1-11-5-7-14(9-16(11)19)21-18(23)13(3)20-15-8-6-12(2)17(10-15)22-26(4,24)25/h5-10,13,20,22H,1-4H3,(H,21,23)/t13-/m1/s1. The van der Waals surface area contributed by atoms with E-state index in [9.17, 15) is 17.6 Å². The van der Waals surface area contributed by atoms with Crippen LogP contribution in [0.4, 0.5) is 21.5 Å². The second-order valence-corrected chi connectivity index (χ2v) is 7.97. The second kappa shape index (κ2) is 7.74. The number of hydrogen-bond acceptors (Lipinski definition) is 4. The molecule has 0 aromatic heterocycles. The van der Waals surface area contributed by atoms with Crippen LogP contribution in [0.2, 0.25) is 0 Å². The molecule has 0 radical (unpaired) electrons. The zero-order valence-corrected chi connectivity index (χ0v) is 15.9. The maximum Gasteiger partial charge on any atom is 0.246 e. The molecule has 1 atom stereocenters. The number of aryl methyl sites for hydroxylation is 2. The molecule has 0 unspecified atom stereocenters. The molecule has 140 valence electrons. The van der Waals surface area contributed by atoms with Gasteiger partial charge in [0.15, 0.2) is 0 Å². The molecule has 6 nitrogen and oxygen atoms in total.